The lowest BCUT2D eigenvalue weighted by molar-refractivity contribution is 0.572. The maximum Gasteiger partial charge on any atom is 0.0982 e. The van der Waals surface area contributed by atoms with Crippen molar-refractivity contribution < 1.29 is 4.42 Å². The Morgan fingerprint density at radius 1 is 0.750 bits per heavy atom. The Balaban J connectivity index is 1.94. The number of nitrogens with one attached hydrogen (secondary N) is 1. The summed E-state index contributed by atoms with van der Waals surface area (Å²) in [5.41, 5.74) is 2.16. The zero-order valence-electron chi connectivity index (χ0n) is 8.68. The van der Waals surface area contributed by atoms with Crippen LogP contribution in [0.4, 0.5) is 11.4 Å². The molecule has 0 saturated carbocycles. The maximum absolute atomic E-state index is 5.14. The molecule has 0 spiro atoms. The first kappa shape index (κ1) is 9.04. The predicted octanol–water partition coefficient (Wildman–Crippen LogP) is 4.18. The van der Waals surface area contributed by atoms with Crippen LogP contribution in [-0.4, -0.2) is 0 Å². The summed E-state index contributed by atoms with van der Waals surface area (Å²) in [5, 5.41) is 5.58. The van der Waals surface area contributed by atoms with Gasteiger partial charge in [0.2, 0.25) is 0 Å². The van der Waals surface area contributed by atoms with Gasteiger partial charge in [0.25, 0.3) is 0 Å². The molecular weight excluding hydrogens is 198 g/mol. The number of hydrogen-bond donors (Lipinski definition) is 1. The van der Waals surface area contributed by atoms with Crippen LogP contribution in [0.5, 0.6) is 0 Å². The minimum Gasteiger partial charge on any atom is -0.471 e. The molecule has 0 radical (unpaired) electrons. The fraction of sp³-hybridized carbons (Fsp3) is 0. The van der Waals surface area contributed by atoms with E-state index in [0.29, 0.717) is 0 Å². The monoisotopic (exact) mass is 209 g/mol. The Bertz CT molecular complexity index is 598. The van der Waals surface area contributed by atoms with E-state index in [2.05, 4.69) is 11.4 Å². The fourth-order valence-corrected chi connectivity index (χ4v) is 1.73. The summed E-state index contributed by atoms with van der Waals surface area (Å²) in [6, 6.07) is 16.3. The molecule has 78 valence electrons. The molecule has 3 rings (SSSR count). The van der Waals surface area contributed by atoms with Gasteiger partial charge in [-0.15, -0.1) is 0 Å². The van der Waals surface area contributed by atoms with E-state index < -0.39 is 0 Å². The van der Waals surface area contributed by atoms with Crippen molar-refractivity contribution in [1.29, 1.82) is 0 Å². The van der Waals surface area contributed by atoms with Gasteiger partial charge in [0.1, 0.15) is 0 Å². The first-order valence-electron chi connectivity index (χ1n) is 5.20. The van der Waals surface area contributed by atoms with E-state index in [1.54, 1.807) is 12.5 Å². The van der Waals surface area contributed by atoms with Gasteiger partial charge in [0.15, 0.2) is 0 Å². The molecule has 2 heteroatoms. The zero-order chi connectivity index (χ0) is 10.8. The van der Waals surface area contributed by atoms with E-state index in [9.17, 15) is 0 Å². The van der Waals surface area contributed by atoms with Crippen molar-refractivity contribution in [3.05, 3.63) is 61.1 Å². The second kappa shape index (κ2) is 3.74. The lowest BCUT2D eigenvalue weighted by Crippen LogP contribution is -1.88. The van der Waals surface area contributed by atoms with Crippen molar-refractivity contribution in [2.75, 3.05) is 5.32 Å². The van der Waals surface area contributed by atoms with Crippen molar-refractivity contribution in [3.63, 3.8) is 0 Å². The van der Waals surface area contributed by atoms with Gasteiger partial charge in [0, 0.05) is 22.1 Å². The van der Waals surface area contributed by atoms with Crippen molar-refractivity contribution in [2.24, 2.45) is 0 Å². The average molecular weight is 209 g/mol. The molecule has 1 N–H and O–H groups in total. The molecule has 0 aliphatic carbocycles. The molecule has 1 aromatic heterocycles. The molecule has 0 bridgehead atoms. The number of hydrogen-bond acceptors (Lipinski definition) is 2. The quantitative estimate of drug-likeness (QED) is 0.685. The Hall–Kier alpha value is -2.22. The van der Waals surface area contributed by atoms with Crippen LogP contribution in [0.25, 0.3) is 10.8 Å². The van der Waals surface area contributed by atoms with Gasteiger partial charge in [0.05, 0.1) is 12.5 Å². The van der Waals surface area contributed by atoms with Crippen LogP contribution in [0.2, 0.25) is 0 Å². The van der Waals surface area contributed by atoms with Gasteiger partial charge in [-0.3, -0.25) is 0 Å². The summed E-state index contributed by atoms with van der Waals surface area (Å²) in [5.74, 6) is 0. The Kier molecular flexibility index (Phi) is 2.11. The molecule has 0 aliphatic heterocycles. The van der Waals surface area contributed by atoms with Crippen LogP contribution < -0.4 is 5.32 Å². The minimum absolute atomic E-state index is 1.07. The highest BCUT2D eigenvalue weighted by Crippen LogP contribution is 2.22. The third-order valence-corrected chi connectivity index (χ3v) is 2.54. The van der Waals surface area contributed by atoms with E-state index in [4.69, 9.17) is 4.42 Å². The molecule has 2 aromatic carbocycles. The molecule has 0 saturated heterocycles. The first-order chi connectivity index (χ1) is 7.92. The Morgan fingerprint density at radius 2 is 1.56 bits per heavy atom. The molecule has 0 atom stereocenters. The SMILES string of the molecule is c1ccc(Nc2ccc3cocc3c2)cc1. The van der Waals surface area contributed by atoms with E-state index in [1.807, 2.05) is 42.5 Å². The minimum atomic E-state index is 1.07. The van der Waals surface area contributed by atoms with Crippen LogP contribution in [0, 0.1) is 0 Å². The molecule has 0 aliphatic rings. The third-order valence-electron chi connectivity index (χ3n) is 2.54. The van der Waals surface area contributed by atoms with Crippen LogP contribution in [0.1, 0.15) is 0 Å². The molecule has 3 aromatic rings. The highest BCUT2D eigenvalue weighted by atomic mass is 16.3. The van der Waals surface area contributed by atoms with Crippen molar-refractivity contribution >= 4 is 22.1 Å². The van der Waals surface area contributed by atoms with Crippen LogP contribution >= 0.6 is 0 Å². The highest BCUT2D eigenvalue weighted by molar-refractivity contribution is 5.85. The van der Waals surface area contributed by atoms with Gasteiger partial charge < -0.3 is 9.73 Å². The van der Waals surface area contributed by atoms with E-state index in [-0.39, 0.29) is 0 Å². The summed E-state index contributed by atoms with van der Waals surface area (Å²) in [4.78, 5) is 0. The summed E-state index contributed by atoms with van der Waals surface area (Å²) >= 11 is 0. The lowest BCUT2D eigenvalue weighted by Gasteiger charge is -2.05. The number of para-hydroxylation sites is 1. The van der Waals surface area contributed by atoms with E-state index >= 15 is 0 Å². The van der Waals surface area contributed by atoms with Gasteiger partial charge >= 0.3 is 0 Å². The fourth-order valence-electron chi connectivity index (χ4n) is 1.73. The van der Waals surface area contributed by atoms with Crippen molar-refractivity contribution in [2.45, 2.75) is 0 Å². The Labute approximate surface area is 93.5 Å². The first-order valence-corrected chi connectivity index (χ1v) is 5.20. The largest absolute Gasteiger partial charge is 0.471 e. The summed E-state index contributed by atoms with van der Waals surface area (Å²) in [6.45, 7) is 0. The number of fused-ring (bicyclic) bond motifs is 1. The summed E-state index contributed by atoms with van der Waals surface area (Å²) in [7, 11) is 0. The van der Waals surface area contributed by atoms with Gasteiger partial charge in [-0.2, -0.15) is 0 Å². The molecular formula is C14H11NO. The van der Waals surface area contributed by atoms with Gasteiger partial charge in [-0.1, -0.05) is 18.2 Å². The smallest absolute Gasteiger partial charge is 0.0982 e. The number of benzene rings is 2. The highest BCUT2D eigenvalue weighted by Gasteiger charge is 1.98. The lowest BCUT2D eigenvalue weighted by atomic mass is 10.2. The van der Waals surface area contributed by atoms with Gasteiger partial charge in [-0.05, 0) is 30.3 Å². The standard InChI is InChI=1S/C14H11NO/c1-2-4-13(5-3-1)15-14-7-6-11-9-16-10-12(11)8-14/h1-10,15H. The summed E-state index contributed by atoms with van der Waals surface area (Å²) in [6.07, 6.45) is 3.51. The third kappa shape index (κ3) is 1.65. The predicted molar refractivity (Wildman–Crippen MR) is 65.9 cm³/mol. The second-order valence-electron chi connectivity index (χ2n) is 3.71. The molecule has 16 heavy (non-hydrogen) atoms. The van der Waals surface area contributed by atoms with Crippen molar-refractivity contribution in [1.82, 2.24) is 0 Å². The van der Waals surface area contributed by atoms with Crippen LogP contribution in [-0.2, 0) is 0 Å². The summed E-state index contributed by atoms with van der Waals surface area (Å²) < 4.78 is 5.14. The van der Waals surface area contributed by atoms with Gasteiger partial charge in [-0.25, -0.2) is 0 Å². The Morgan fingerprint density at radius 3 is 2.44 bits per heavy atom. The number of anilines is 2. The van der Waals surface area contributed by atoms with Crippen LogP contribution in [0.15, 0.2) is 65.5 Å². The molecule has 0 unspecified atom stereocenters. The number of furan rings is 1. The topological polar surface area (TPSA) is 25.2 Å². The van der Waals surface area contributed by atoms with E-state index in [1.165, 1.54) is 0 Å². The average Bonchev–Trinajstić information content (AvgIpc) is 2.77. The zero-order valence-corrected chi connectivity index (χ0v) is 8.68. The van der Waals surface area contributed by atoms with Crippen LogP contribution in [0.3, 0.4) is 0 Å². The normalized spacial score (nSPS) is 10.5. The second-order valence-corrected chi connectivity index (χ2v) is 3.71. The molecule has 0 fully saturated rings. The number of rotatable bonds is 2. The maximum atomic E-state index is 5.14. The van der Waals surface area contributed by atoms with Crippen molar-refractivity contribution in [3.8, 4) is 0 Å². The molecule has 1 heterocycles. The van der Waals surface area contributed by atoms with E-state index in [0.717, 1.165) is 22.1 Å². The molecule has 0 amide bonds. The molecule has 2 nitrogen and oxygen atoms in total.